The fourth-order valence-corrected chi connectivity index (χ4v) is 7.68. The zero-order valence-electron chi connectivity index (χ0n) is 26.1. The second-order valence-electron chi connectivity index (χ2n) is 13.0. The summed E-state index contributed by atoms with van der Waals surface area (Å²) < 4.78 is 62.3. The topological polar surface area (TPSA) is 125 Å². The van der Waals surface area contributed by atoms with Crippen LogP contribution in [0, 0.1) is 11.8 Å². The number of carboxylic acid groups (broad SMARTS) is 1. The van der Waals surface area contributed by atoms with Crippen LogP contribution < -0.4 is 11.1 Å². The molecule has 0 bridgehead atoms. The van der Waals surface area contributed by atoms with Crippen LogP contribution in [0.3, 0.4) is 0 Å². The van der Waals surface area contributed by atoms with E-state index in [1.165, 1.54) is 17.2 Å². The van der Waals surface area contributed by atoms with Gasteiger partial charge >= 0.3 is 12.1 Å². The van der Waals surface area contributed by atoms with Crippen molar-refractivity contribution in [3.05, 3.63) is 23.9 Å². The maximum Gasteiger partial charge on any atom is 0.415 e. The lowest BCUT2D eigenvalue weighted by Crippen LogP contribution is -2.62. The fourth-order valence-electron chi connectivity index (χ4n) is 7.68. The van der Waals surface area contributed by atoms with Gasteiger partial charge in [0.1, 0.15) is 12.2 Å². The lowest BCUT2D eigenvalue weighted by molar-refractivity contribution is -0.150. The molecule has 3 heterocycles. The first-order chi connectivity index (χ1) is 21.4. The van der Waals surface area contributed by atoms with E-state index in [-0.39, 0.29) is 31.4 Å². The van der Waals surface area contributed by atoms with E-state index < -0.39 is 59.4 Å². The number of hydrogen-bond donors (Lipinski definition) is 3. The zero-order chi connectivity index (χ0) is 32.8. The van der Waals surface area contributed by atoms with Crippen LogP contribution in [-0.2, 0) is 19.1 Å². The summed E-state index contributed by atoms with van der Waals surface area (Å²) in [5, 5.41) is 11.4. The molecular weight excluding hydrogens is 596 g/mol. The summed E-state index contributed by atoms with van der Waals surface area (Å²) in [6, 6.07) is -2.07. The number of hydrogen-bond acceptors (Lipinski definition) is 6. The number of amides is 2. The Morgan fingerprint density at radius 2 is 1.82 bits per heavy atom. The highest BCUT2D eigenvalue weighted by atomic mass is 19.4. The number of halogens is 4. The van der Waals surface area contributed by atoms with E-state index in [1.807, 2.05) is 6.92 Å². The average molecular weight is 645 g/mol. The SMILES string of the molecule is CCC[C@@H]1[C@H](C(=O)N2CCC(N)(C3CCCC(F)C3OCCCCC(=O)O)CC2)CCCN1C(=O)C1NC=CC=C1C(F)(F)F. The van der Waals surface area contributed by atoms with E-state index in [0.29, 0.717) is 83.7 Å². The van der Waals surface area contributed by atoms with Crippen molar-refractivity contribution in [2.24, 2.45) is 17.6 Å². The van der Waals surface area contributed by atoms with Crippen molar-refractivity contribution in [1.82, 2.24) is 15.1 Å². The van der Waals surface area contributed by atoms with Crippen LogP contribution in [0.4, 0.5) is 17.6 Å². The molecule has 0 aromatic heterocycles. The van der Waals surface area contributed by atoms with Crippen molar-refractivity contribution in [2.75, 3.05) is 26.2 Å². The maximum absolute atomic E-state index is 15.1. The number of carboxylic acids is 1. The van der Waals surface area contributed by atoms with Gasteiger partial charge in [0, 0.05) is 50.2 Å². The van der Waals surface area contributed by atoms with Crippen LogP contribution in [-0.4, -0.2) is 95.0 Å². The number of unbranched alkanes of at least 4 members (excludes halogenated alkanes) is 1. The molecule has 3 aliphatic heterocycles. The molecule has 6 atom stereocenters. The fraction of sp³-hybridized carbons (Fsp3) is 0.781. The number of nitrogens with zero attached hydrogens (tertiary/aromatic N) is 2. The van der Waals surface area contributed by atoms with Crippen LogP contribution in [0.25, 0.3) is 0 Å². The number of nitrogens with one attached hydrogen (secondary N) is 1. The monoisotopic (exact) mass is 644 g/mol. The van der Waals surface area contributed by atoms with Gasteiger partial charge in [0.05, 0.1) is 17.6 Å². The molecule has 0 aromatic carbocycles. The van der Waals surface area contributed by atoms with E-state index >= 15 is 4.39 Å². The molecule has 0 spiro atoms. The normalized spacial score (nSPS) is 30.4. The summed E-state index contributed by atoms with van der Waals surface area (Å²) in [4.78, 5) is 41.6. The second kappa shape index (κ2) is 15.3. The van der Waals surface area contributed by atoms with Crippen molar-refractivity contribution in [2.45, 2.75) is 120 Å². The lowest BCUT2D eigenvalue weighted by Gasteiger charge is -2.50. The Balaban J connectivity index is 1.40. The van der Waals surface area contributed by atoms with Gasteiger partial charge < -0.3 is 30.7 Å². The maximum atomic E-state index is 15.1. The molecule has 0 aromatic rings. The molecule has 45 heavy (non-hydrogen) atoms. The number of likely N-dealkylation sites (tertiary alicyclic amines) is 2. The summed E-state index contributed by atoms with van der Waals surface area (Å²) in [7, 11) is 0. The number of carbonyl (C=O) groups is 3. The predicted molar refractivity (Wildman–Crippen MR) is 160 cm³/mol. The molecule has 9 nitrogen and oxygen atoms in total. The number of allylic oxidation sites excluding steroid dienone is 2. The third-order valence-electron chi connectivity index (χ3n) is 10.1. The molecule has 254 valence electrons. The average Bonchev–Trinajstić information content (AvgIpc) is 3.01. The predicted octanol–water partition coefficient (Wildman–Crippen LogP) is 4.47. The molecule has 0 radical (unpaired) electrons. The first kappa shape index (κ1) is 35.2. The van der Waals surface area contributed by atoms with E-state index in [2.05, 4.69) is 5.32 Å². The zero-order valence-corrected chi connectivity index (χ0v) is 26.1. The Bertz CT molecular complexity index is 1110. The molecule has 4 aliphatic rings. The number of piperidine rings is 2. The Labute approximate surface area is 262 Å². The number of dihydropyridines is 1. The molecule has 1 aliphatic carbocycles. The first-order valence-corrected chi connectivity index (χ1v) is 16.4. The van der Waals surface area contributed by atoms with Gasteiger partial charge in [0.2, 0.25) is 11.8 Å². The first-order valence-electron chi connectivity index (χ1n) is 16.4. The van der Waals surface area contributed by atoms with Crippen molar-refractivity contribution < 1.29 is 41.8 Å². The number of rotatable bonds is 11. The van der Waals surface area contributed by atoms with Gasteiger partial charge in [-0.3, -0.25) is 14.4 Å². The van der Waals surface area contributed by atoms with E-state index in [4.69, 9.17) is 15.6 Å². The van der Waals surface area contributed by atoms with Gasteiger partial charge in [-0.25, -0.2) is 4.39 Å². The summed E-state index contributed by atoms with van der Waals surface area (Å²) in [6.07, 6.45) is 2.88. The summed E-state index contributed by atoms with van der Waals surface area (Å²) in [5.41, 5.74) is 5.26. The van der Waals surface area contributed by atoms with Crippen molar-refractivity contribution >= 4 is 17.8 Å². The molecular formula is C32H48F4N4O5. The third kappa shape index (κ3) is 8.38. The van der Waals surface area contributed by atoms with Crippen LogP contribution in [0.15, 0.2) is 23.9 Å². The van der Waals surface area contributed by atoms with Crippen molar-refractivity contribution in [3.63, 3.8) is 0 Å². The van der Waals surface area contributed by atoms with Crippen LogP contribution in [0.5, 0.6) is 0 Å². The lowest BCUT2D eigenvalue weighted by atomic mass is 9.68. The van der Waals surface area contributed by atoms with E-state index in [0.717, 1.165) is 6.08 Å². The molecule has 2 saturated heterocycles. The van der Waals surface area contributed by atoms with Gasteiger partial charge in [0.15, 0.2) is 0 Å². The minimum Gasteiger partial charge on any atom is -0.481 e. The Kier molecular flexibility index (Phi) is 11.9. The van der Waals surface area contributed by atoms with Crippen LogP contribution >= 0.6 is 0 Å². The second-order valence-corrected chi connectivity index (χ2v) is 13.0. The highest BCUT2D eigenvalue weighted by molar-refractivity contribution is 5.88. The quantitative estimate of drug-likeness (QED) is 0.224. The molecule has 3 fully saturated rings. The Morgan fingerprint density at radius 3 is 2.49 bits per heavy atom. The summed E-state index contributed by atoms with van der Waals surface area (Å²) >= 11 is 0. The minimum absolute atomic E-state index is 0.0354. The van der Waals surface area contributed by atoms with Crippen molar-refractivity contribution in [1.29, 1.82) is 0 Å². The molecule has 4 N–H and O–H groups in total. The Hall–Kier alpha value is -2.67. The van der Waals surface area contributed by atoms with E-state index in [1.54, 1.807) is 4.90 Å². The molecule has 4 rings (SSSR count). The number of carbonyl (C=O) groups excluding carboxylic acids is 2. The van der Waals surface area contributed by atoms with Gasteiger partial charge in [-0.05, 0) is 70.1 Å². The van der Waals surface area contributed by atoms with Gasteiger partial charge in [-0.1, -0.05) is 25.8 Å². The minimum atomic E-state index is -4.67. The van der Waals surface area contributed by atoms with Crippen molar-refractivity contribution in [3.8, 4) is 0 Å². The summed E-state index contributed by atoms with van der Waals surface area (Å²) in [6.45, 7) is 3.22. The van der Waals surface area contributed by atoms with E-state index in [9.17, 15) is 27.6 Å². The molecule has 2 amide bonds. The third-order valence-corrected chi connectivity index (χ3v) is 10.1. The van der Waals surface area contributed by atoms with Gasteiger partial charge in [0.25, 0.3) is 0 Å². The van der Waals surface area contributed by atoms with Gasteiger partial charge in [-0.2, -0.15) is 13.2 Å². The summed E-state index contributed by atoms with van der Waals surface area (Å²) in [5.74, 6) is -2.44. The largest absolute Gasteiger partial charge is 0.481 e. The number of nitrogens with two attached hydrogens (primary N) is 1. The van der Waals surface area contributed by atoms with Crippen LogP contribution in [0.2, 0.25) is 0 Å². The Morgan fingerprint density at radius 1 is 1.09 bits per heavy atom. The number of ether oxygens (including phenoxy) is 1. The number of aliphatic carboxylic acids is 1. The molecule has 4 unspecified atom stereocenters. The highest BCUT2D eigenvalue weighted by Gasteiger charge is 2.50. The molecule has 1 saturated carbocycles. The molecule has 13 heteroatoms. The highest BCUT2D eigenvalue weighted by Crippen LogP contribution is 2.41. The standard InChI is InChI=1S/C32H48F4N4O5/c1-2-8-25-21(9-7-17-40(25)30(44)27-22(32(34,35)36)11-6-16-38-27)29(43)39-18-14-31(37,15-19-39)23-10-5-12-24(33)28(23)45-20-4-3-13-26(41)42/h6,11,16,21,23-25,27-28,38H,2-5,7-10,12-15,17-20,37H2,1H3,(H,41,42)/t21-,23?,24?,25-,27?,28?/m1/s1. The smallest absolute Gasteiger partial charge is 0.415 e. The van der Waals surface area contributed by atoms with Gasteiger partial charge in [-0.15, -0.1) is 0 Å². The van der Waals surface area contributed by atoms with Crippen LogP contribution in [0.1, 0.15) is 84.0 Å². The number of alkyl halides is 4.